The highest BCUT2D eigenvalue weighted by atomic mass is 19.1. The molecule has 0 atom stereocenters. The number of pyridine rings is 1. The second kappa shape index (κ2) is 3.52. The van der Waals surface area contributed by atoms with Crippen LogP contribution in [0.1, 0.15) is 25.3 Å². The van der Waals surface area contributed by atoms with Crippen molar-refractivity contribution >= 4 is 0 Å². The SMILES string of the molecule is COc1cnc(F)c(C(C)C)c1. The number of nitrogens with zero attached hydrogens (tertiary/aromatic N) is 1. The molecule has 0 amide bonds. The first kappa shape index (κ1) is 8.97. The molecule has 0 spiro atoms. The zero-order chi connectivity index (χ0) is 9.14. The Morgan fingerprint density at radius 3 is 2.67 bits per heavy atom. The average molecular weight is 169 g/mol. The maximum atomic E-state index is 13.0. The van der Waals surface area contributed by atoms with E-state index in [9.17, 15) is 4.39 Å². The number of hydrogen-bond donors (Lipinski definition) is 0. The summed E-state index contributed by atoms with van der Waals surface area (Å²) in [5.74, 6) is 0.318. The second-order valence-electron chi connectivity index (χ2n) is 2.91. The third-order valence-electron chi connectivity index (χ3n) is 1.70. The fourth-order valence-corrected chi connectivity index (χ4v) is 0.961. The van der Waals surface area contributed by atoms with Crippen molar-refractivity contribution in [2.75, 3.05) is 7.11 Å². The highest BCUT2D eigenvalue weighted by Crippen LogP contribution is 2.21. The van der Waals surface area contributed by atoms with Crippen LogP contribution in [-0.2, 0) is 0 Å². The lowest BCUT2D eigenvalue weighted by Crippen LogP contribution is -1.97. The van der Waals surface area contributed by atoms with Crippen LogP contribution < -0.4 is 4.74 Å². The van der Waals surface area contributed by atoms with E-state index in [2.05, 4.69) is 4.98 Å². The van der Waals surface area contributed by atoms with E-state index in [1.54, 1.807) is 13.2 Å². The van der Waals surface area contributed by atoms with Gasteiger partial charge in [0.15, 0.2) is 0 Å². The lowest BCUT2D eigenvalue weighted by atomic mass is 10.1. The normalized spacial score (nSPS) is 10.4. The van der Waals surface area contributed by atoms with Gasteiger partial charge in [0.2, 0.25) is 5.95 Å². The summed E-state index contributed by atoms with van der Waals surface area (Å²) in [4.78, 5) is 3.58. The van der Waals surface area contributed by atoms with Gasteiger partial charge < -0.3 is 4.74 Å². The number of halogens is 1. The van der Waals surface area contributed by atoms with E-state index in [0.717, 1.165) is 0 Å². The summed E-state index contributed by atoms with van der Waals surface area (Å²) < 4.78 is 17.9. The summed E-state index contributed by atoms with van der Waals surface area (Å²) in [5.41, 5.74) is 0.592. The fourth-order valence-electron chi connectivity index (χ4n) is 0.961. The Kier molecular flexibility index (Phi) is 2.63. The van der Waals surface area contributed by atoms with Crippen LogP contribution in [0.25, 0.3) is 0 Å². The summed E-state index contributed by atoms with van der Waals surface area (Å²) in [6, 6.07) is 1.67. The van der Waals surface area contributed by atoms with E-state index in [1.807, 2.05) is 13.8 Å². The van der Waals surface area contributed by atoms with Gasteiger partial charge in [-0.2, -0.15) is 4.39 Å². The first-order valence-electron chi connectivity index (χ1n) is 3.84. The number of methoxy groups -OCH3 is 1. The first-order valence-corrected chi connectivity index (χ1v) is 3.84. The minimum absolute atomic E-state index is 0.132. The van der Waals surface area contributed by atoms with Crippen molar-refractivity contribution in [3.05, 3.63) is 23.8 Å². The maximum Gasteiger partial charge on any atom is 0.216 e. The van der Waals surface area contributed by atoms with Crippen LogP contribution in [0.15, 0.2) is 12.3 Å². The predicted octanol–water partition coefficient (Wildman–Crippen LogP) is 2.35. The molecule has 1 heterocycles. The number of rotatable bonds is 2. The number of ether oxygens (including phenoxy) is 1. The van der Waals surface area contributed by atoms with Crippen LogP contribution in [0.2, 0.25) is 0 Å². The summed E-state index contributed by atoms with van der Waals surface area (Å²) >= 11 is 0. The molecule has 12 heavy (non-hydrogen) atoms. The second-order valence-corrected chi connectivity index (χ2v) is 2.91. The van der Waals surface area contributed by atoms with Gasteiger partial charge >= 0.3 is 0 Å². The van der Waals surface area contributed by atoms with Crippen molar-refractivity contribution in [3.63, 3.8) is 0 Å². The summed E-state index contributed by atoms with van der Waals surface area (Å²) in [6.07, 6.45) is 1.38. The molecule has 66 valence electrons. The summed E-state index contributed by atoms with van der Waals surface area (Å²) in [7, 11) is 1.54. The molecule has 2 nitrogen and oxygen atoms in total. The van der Waals surface area contributed by atoms with E-state index in [1.165, 1.54) is 6.20 Å². The molecule has 0 aromatic carbocycles. The van der Waals surface area contributed by atoms with Crippen LogP contribution in [0.4, 0.5) is 4.39 Å². The van der Waals surface area contributed by atoms with Crippen molar-refractivity contribution in [1.29, 1.82) is 0 Å². The van der Waals surface area contributed by atoms with Crippen molar-refractivity contribution in [3.8, 4) is 5.75 Å². The number of hydrogen-bond acceptors (Lipinski definition) is 2. The fraction of sp³-hybridized carbons (Fsp3) is 0.444. The molecule has 0 radical (unpaired) electrons. The van der Waals surface area contributed by atoms with Crippen LogP contribution in [0.5, 0.6) is 5.75 Å². The maximum absolute atomic E-state index is 13.0. The Balaban J connectivity index is 3.08. The zero-order valence-electron chi connectivity index (χ0n) is 7.47. The third-order valence-corrected chi connectivity index (χ3v) is 1.70. The summed E-state index contributed by atoms with van der Waals surface area (Å²) in [6.45, 7) is 3.83. The molecule has 0 fully saturated rings. The molecule has 0 unspecified atom stereocenters. The van der Waals surface area contributed by atoms with Gasteiger partial charge in [-0.15, -0.1) is 0 Å². The summed E-state index contributed by atoms with van der Waals surface area (Å²) in [5, 5.41) is 0. The lowest BCUT2D eigenvalue weighted by molar-refractivity contribution is 0.408. The molecule has 3 heteroatoms. The Labute approximate surface area is 71.4 Å². The minimum Gasteiger partial charge on any atom is -0.495 e. The van der Waals surface area contributed by atoms with E-state index in [4.69, 9.17) is 4.74 Å². The van der Waals surface area contributed by atoms with E-state index >= 15 is 0 Å². The highest BCUT2D eigenvalue weighted by Gasteiger charge is 2.08. The monoisotopic (exact) mass is 169 g/mol. The van der Waals surface area contributed by atoms with E-state index < -0.39 is 5.95 Å². The van der Waals surface area contributed by atoms with Crippen LogP contribution in [-0.4, -0.2) is 12.1 Å². The Morgan fingerprint density at radius 2 is 2.17 bits per heavy atom. The van der Waals surface area contributed by atoms with Gasteiger partial charge in [-0.3, -0.25) is 0 Å². The molecule has 0 bridgehead atoms. The van der Waals surface area contributed by atoms with Crippen molar-refractivity contribution < 1.29 is 9.13 Å². The minimum atomic E-state index is -0.411. The topological polar surface area (TPSA) is 22.1 Å². The molecule has 0 saturated heterocycles. The van der Waals surface area contributed by atoms with Gasteiger partial charge in [0, 0.05) is 5.56 Å². The van der Waals surface area contributed by atoms with E-state index in [0.29, 0.717) is 11.3 Å². The highest BCUT2D eigenvalue weighted by molar-refractivity contribution is 5.26. The molecular weight excluding hydrogens is 157 g/mol. The van der Waals surface area contributed by atoms with Crippen LogP contribution in [0.3, 0.4) is 0 Å². The standard InChI is InChI=1S/C9H12FNO/c1-6(2)8-4-7(12-3)5-11-9(8)10/h4-6H,1-3H3. The van der Waals surface area contributed by atoms with Crippen LogP contribution in [0, 0.1) is 5.95 Å². The molecular formula is C9H12FNO. The molecule has 1 rings (SSSR count). The first-order chi connectivity index (χ1) is 5.65. The zero-order valence-corrected chi connectivity index (χ0v) is 7.47. The third kappa shape index (κ3) is 1.72. The molecule has 0 aliphatic rings. The van der Waals surface area contributed by atoms with Crippen molar-refractivity contribution in [1.82, 2.24) is 4.98 Å². The largest absolute Gasteiger partial charge is 0.495 e. The molecule has 0 N–H and O–H groups in total. The number of aromatic nitrogens is 1. The lowest BCUT2D eigenvalue weighted by Gasteiger charge is -2.07. The Bertz CT molecular complexity index is 273. The van der Waals surface area contributed by atoms with Gasteiger partial charge in [-0.1, -0.05) is 13.8 Å². The molecule has 0 aliphatic carbocycles. The van der Waals surface area contributed by atoms with Crippen LogP contribution >= 0.6 is 0 Å². The van der Waals surface area contributed by atoms with Gasteiger partial charge in [0.25, 0.3) is 0 Å². The predicted molar refractivity (Wildman–Crippen MR) is 44.8 cm³/mol. The molecule has 0 saturated carbocycles. The van der Waals surface area contributed by atoms with Crippen molar-refractivity contribution in [2.45, 2.75) is 19.8 Å². The quantitative estimate of drug-likeness (QED) is 0.634. The van der Waals surface area contributed by atoms with Gasteiger partial charge in [0.1, 0.15) is 5.75 Å². The Hall–Kier alpha value is -1.12. The average Bonchev–Trinajstić information content (AvgIpc) is 2.05. The molecule has 1 aromatic rings. The van der Waals surface area contributed by atoms with Crippen molar-refractivity contribution in [2.24, 2.45) is 0 Å². The molecule has 1 aromatic heterocycles. The van der Waals surface area contributed by atoms with Gasteiger partial charge in [0.05, 0.1) is 13.3 Å². The van der Waals surface area contributed by atoms with Gasteiger partial charge in [-0.25, -0.2) is 4.98 Å². The smallest absolute Gasteiger partial charge is 0.216 e. The van der Waals surface area contributed by atoms with E-state index in [-0.39, 0.29) is 5.92 Å². The molecule has 0 aliphatic heterocycles. The Morgan fingerprint density at radius 1 is 1.50 bits per heavy atom. The van der Waals surface area contributed by atoms with Gasteiger partial charge in [-0.05, 0) is 12.0 Å².